The van der Waals surface area contributed by atoms with Crippen molar-refractivity contribution < 1.29 is 14.4 Å². The number of hydrogen-bond donors (Lipinski definition) is 0. The van der Waals surface area contributed by atoms with Crippen molar-refractivity contribution in [3.8, 4) is 22.9 Å². The van der Waals surface area contributed by atoms with Crippen molar-refractivity contribution in [1.29, 1.82) is 0 Å². The number of benzene rings is 2. The van der Waals surface area contributed by atoms with Gasteiger partial charge in [0.05, 0.1) is 23.7 Å². The monoisotopic (exact) mass is 410 g/mol. The summed E-state index contributed by atoms with van der Waals surface area (Å²) in [4.78, 5) is 23.9. The van der Waals surface area contributed by atoms with Gasteiger partial charge in [0.15, 0.2) is 17.3 Å². The van der Waals surface area contributed by atoms with Crippen LogP contribution in [0.2, 0.25) is 0 Å². The molecular formula is C19H14N4O5S. The standard InChI is InChI=1S/C19H14N4O5S/c1-27-14-7-6-12(10-15(14)28-2)17-20-21-19-22(17)18(24)16(29-19)9-11-4-3-5-13(8-11)23(25)26/h3-10H,1-2H3/b16-9+. The molecule has 4 rings (SSSR count). The molecule has 0 radical (unpaired) electrons. The van der Waals surface area contributed by atoms with Gasteiger partial charge in [0.25, 0.3) is 11.2 Å². The lowest BCUT2D eigenvalue weighted by Gasteiger charge is -2.08. The third-order valence-electron chi connectivity index (χ3n) is 4.27. The third kappa shape index (κ3) is 3.29. The first-order chi connectivity index (χ1) is 14.0. The lowest BCUT2D eigenvalue weighted by Crippen LogP contribution is -2.23. The highest BCUT2D eigenvalue weighted by molar-refractivity contribution is 7.15. The Balaban J connectivity index is 1.85. The first kappa shape index (κ1) is 18.6. The van der Waals surface area contributed by atoms with Crippen LogP contribution in [0, 0.1) is 10.1 Å². The predicted octanol–water partition coefficient (Wildman–Crippen LogP) is 2.29. The number of methoxy groups -OCH3 is 2. The summed E-state index contributed by atoms with van der Waals surface area (Å²) in [6.45, 7) is 0. The highest BCUT2D eigenvalue weighted by Gasteiger charge is 2.16. The predicted molar refractivity (Wildman–Crippen MR) is 108 cm³/mol. The maximum atomic E-state index is 13.0. The molecule has 0 saturated heterocycles. The lowest BCUT2D eigenvalue weighted by molar-refractivity contribution is -0.384. The fraction of sp³-hybridized carbons (Fsp3) is 0.105. The van der Waals surface area contributed by atoms with Crippen LogP contribution in [0.15, 0.2) is 47.3 Å². The number of fused-ring (bicyclic) bond motifs is 1. The van der Waals surface area contributed by atoms with E-state index in [2.05, 4.69) is 10.2 Å². The Morgan fingerprint density at radius 1 is 1.10 bits per heavy atom. The highest BCUT2D eigenvalue weighted by Crippen LogP contribution is 2.31. The van der Waals surface area contributed by atoms with E-state index in [1.165, 1.54) is 30.8 Å². The van der Waals surface area contributed by atoms with Gasteiger partial charge in [0, 0.05) is 17.7 Å². The second-order valence-electron chi connectivity index (χ2n) is 5.98. The molecule has 0 aliphatic carbocycles. The molecular weight excluding hydrogens is 396 g/mol. The summed E-state index contributed by atoms with van der Waals surface area (Å²) in [6.07, 6.45) is 1.60. The van der Waals surface area contributed by atoms with Gasteiger partial charge >= 0.3 is 0 Å². The van der Waals surface area contributed by atoms with E-state index >= 15 is 0 Å². The minimum atomic E-state index is -0.476. The number of thiazole rings is 1. The Morgan fingerprint density at radius 3 is 2.62 bits per heavy atom. The molecule has 0 amide bonds. The van der Waals surface area contributed by atoms with Crippen LogP contribution in [0.3, 0.4) is 0 Å². The van der Waals surface area contributed by atoms with E-state index in [1.807, 2.05) is 0 Å². The third-order valence-corrected chi connectivity index (χ3v) is 5.23. The summed E-state index contributed by atoms with van der Waals surface area (Å²) >= 11 is 1.16. The average molecular weight is 410 g/mol. The SMILES string of the molecule is COc1ccc(-c2nnc3s/c(=C/c4cccc([N+](=O)[O-])c4)c(=O)n23)cc1OC. The quantitative estimate of drug-likeness (QED) is 0.367. The van der Waals surface area contributed by atoms with Crippen LogP contribution in [-0.2, 0) is 0 Å². The van der Waals surface area contributed by atoms with E-state index in [1.54, 1.807) is 36.4 Å². The van der Waals surface area contributed by atoms with Crippen molar-refractivity contribution in [2.24, 2.45) is 0 Å². The Kier molecular flexibility index (Phi) is 4.69. The van der Waals surface area contributed by atoms with Gasteiger partial charge in [0.1, 0.15) is 0 Å². The second-order valence-corrected chi connectivity index (χ2v) is 6.99. The molecule has 146 valence electrons. The minimum absolute atomic E-state index is 0.0415. The molecule has 0 aliphatic rings. The number of rotatable bonds is 5. The first-order valence-electron chi connectivity index (χ1n) is 8.38. The Labute approximate surface area is 167 Å². The maximum Gasteiger partial charge on any atom is 0.276 e. The number of hydrogen-bond acceptors (Lipinski definition) is 8. The van der Waals surface area contributed by atoms with Crippen molar-refractivity contribution in [1.82, 2.24) is 14.6 Å². The molecule has 0 atom stereocenters. The molecule has 2 aromatic heterocycles. The van der Waals surface area contributed by atoms with Crippen LogP contribution in [0.25, 0.3) is 22.4 Å². The van der Waals surface area contributed by atoms with Gasteiger partial charge in [-0.15, -0.1) is 10.2 Å². The van der Waals surface area contributed by atoms with E-state index in [4.69, 9.17) is 9.47 Å². The van der Waals surface area contributed by atoms with Gasteiger partial charge in [-0.2, -0.15) is 0 Å². The molecule has 0 saturated carbocycles. The summed E-state index contributed by atoms with van der Waals surface area (Å²) in [7, 11) is 3.06. The topological polar surface area (TPSA) is 109 Å². The zero-order valence-corrected chi connectivity index (χ0v) is 16.2. The zero-order valence-electron chi connectivity index (χ0n) is 15.4. The molecule has 0 spiro atoms. The first-order valence-corrected chi connectivity index (χ1v) is 9.20. The van der Waals surface area contributed by atoms with Gasteiger partial charge in [-0.05, 0) is 29.8 Å². The average Bonchev–Trinajstić information content (AvgIpc) is 3.28. The zero-order chi connectivity index (χ0) is 20.5. The number of ether oxygens (including phenoxy) is 2. The van der Waals surface area contributed by atoms with Crippen molar-refractivity contribution in [3.63, 3.8) is 0 Å². The van der Waals surface area contributed by atoms with Gasteiger partial charge in [-0.1, -0.05) is 23.5 Å². The Morgan fingerprint density at radius 2 is 1.90 bits per heavy atom. The van der Waals surface area contributed by atoms with Gasteiger partial charge in [0.2, 0.25) is 4.96 Å². The minimum Gasteiger partial charge on any atom is -0.493 e. The highest BCUT2D eigenvalue weighted by atomic mass is 32.1. The molecule has 2 heterocycles. The van der Waals surface area contributed by atoms with E-state index in [0.717, 1.165) is 11.3 Å². The Hall–Kier alpha value is -3.79. The molecule has 0 unspecified atom stereocenters. The molecule has 29 heavy (non-hydrogen) atoms. The van der Waals surface area contributed by atoms with Crippen LogP contribution in [0.5, 0.6) is 11.5 Å². The maximum absolute atomic E-state index is 13.0. The number of nitrogens with zero attached hydrogens (tertiary/aromatic N) is 4. The summed E-state index contributed by atoms with van der Waals surface area (Å²) in [5.41, 5.74) is 0.861. The smallest absolute Gasteiger partial charge is 0.276 e. The molecule has 4 aromatic rings. The van der Waals surface area contributed by atoms with Gasteiger partial charge in [-0.25, -0.2) is 4.40 Å². The molecule has 2 aromatic carbocycles. The van der Waals surface area contributed by atoms with Gasteiger partial charge < -0.3 is 9.47 Å². The molecule has 0 N–H and O–H groups in total. The van der Waals surface area contributed by atoms with E-state index < -0.39 is 4.92 Å². The number of non-ortho nitro benzene ring substituents is 1. The number of aromatic nitrogens is 3. The van der Waals surface area contributed by atoms with Crippen molar-refractivity contribution >= 4 is 28.1 Å². The lowest BCUT2D eigenvalue weighted by atomic mass is 10.2. The van der Waals surface area contributed by atoms with Crippen LogP contribution in [0.1, 0.15) is 5.56 Å². The summed E-state index contributed by atoms with van der Waals surface area (Å²) < 4.78 is 12.4. The van der Waals surface area contributed by atoms with Crippen LogP contribution in [0.4, 0.5) is 5.69 Å². The molecule has 0 aliphatic heterocycles. The second kappa shape index (κ2) is 7.32. The van der Waals surface area contributed by atoms with E-state index in [9.17, 15) is 14.9 Å². The largest absolute Gasteiger partial charge is 0.493 e. The van der Waals surface area contributed by atoms with Crippen molar-refractivity contribution in [2.45, 2.75) is 0 Å². The van der Waals surface area contributed by atoms with E-state index in [-0.39, 0.29) is 11.2 Å². The van der Waals surface area contributed by atoms with Crippen LogP contribution in [-0.4, -0.2) is 33.7 Å². The van der Waals surface area contributed by atoms with Crippen LogP contribution >= 0.6 is 11.3 Å². The molecule has 10 heteroatoms. The van der Waals surface area contributed by atoms with E-state index in [0.29, 0.717) is 37.9 Å². The van der Waals surface area contributed by atoms with Gasteiger partial charge in [-0.3, -0.25) is 14.9 Å². The van der Waals surface area contributed by atoms with Crippen molar-refractivity contribution in [2.75, 3.05) is 14.2 Å². The summed E-state index contributed by atoms with van der Waals surface area (Å²) in [5, 5.41) is 19.2. The number of nitro groups is 1. The van der Waals surface area contributed by atoms with Crippen molar-refractivity contribution in [3.05, 3.63) is 73.0 Å². The van der Waals surface area contributed by atoms with Crippen LogP contribution < -0.4 is 19.6 Å². The fourth-order valence-corrected chi connectivity index (χ4v) is 3.82. The summed E-state index contributed by atoms with van der Waals surface area (Å²) in [5.74, 6) is 1.44. The number of nitro benzene ring substituents is 1. The summed E-state index contributed by atoms with van der Waals surface area (Å²) in [6, 6.07) is 11.3. The Bertz CT molecular complexity index is 1340. The molecule has 9 nitrogen and oxygen atoms in total. The molecule has 0 fully saturated rings. The normalized spacial score (nSPS) is 11.7. The molecule has 0 bridgehead atoms. The fourth-order valence-electron chi connectivity index (χ4n) is 2.90.